The Labute approximate surface area is 111 Å². The molecule has 5 heteroatoms. The molecule has 4 nitrogen and oxygen atoms in total. The molecule has 1 heterocycles. The topological polar surface area (TPSA) is 66.4 Å². The van der Waals surface area contributed by atoms with Crippen LogP contribution in [0.3, 0.4) is 0 Å². The second-order valence-electron chi connectivity index (χ2n) is 4.97. The summed E-state index contributed by atoms with van der Waals surface area (Å²) in [5.41, 5.74) is 0. The van der Waals surface area contributed by atoms with Crippen molar-refractivity contribution >= 4 is 23.6 Å². The molecule has 2 aliphatic rings. The summed E-state index contributed by atoms with van der Waals surface area (Å²) in [6.07, 6.45) is 5.93. The Bertz CT molecular complexity index is 350. The Morgan fingerprint density at radius 3 is 2.61 bits per heavy atom. The standard InChI is InChI=1S/C13H19NO3S/c15-12(14-7-9-5-6-18-8-9)10-3-1-2-4-11(10)13(16)17/h1-2,9-11H,3-8H2,(H,14,15)(H,16,17)/t9?,10-,11+/m1/s1. The zero-order chi connectivity index (χ0) is 13.0. The maximum Gasteiger partial charge on any atom is 0.307 e. The number of aliphatic carboxylic acids is 1. The monoisotopic (exact) mass is 269 g/mol. The highest BCUT2D eigenvalue weighted by Gasteiger charge is 2.34. The van der Waals surface area contributed by atoms with Gasteiger partial charge < -0.3 is 10.4 Å². The highest BCUT2D eigenvalue weighted by atomic mass is 32.2. The Hall–Kier alpha value is -0.970. The SMILES string of the molecule is O=C(O)[C@H]1CC=CC[C@H]1C(=O)NCC1CCSC1. The molecule has 0 aromatic carbocycles. The summed E-state index contributed by atoms with van der Waals surface area (Å²) in [4.78, 5) is 23.2. The van der Waals surface area contributed by atoms with Gasteiger partial charge in [-0.3, -0.25) is 9.59 Å². The lowest BCUT2D eigenvalue weighted by atomic mass is 9.82. The molecule has 1 unspecified atom stereocenters. The van der Waals surface area contributed by atoms with Crippen LogP contribution in [0, 0.1) is 17.8 Å². The molecule has 1 fully saturated rings. The Morgan fingerprint density at radius 1 is 1.28 bits per heavy atom. The minimum Gasteiger partial charge on any atom is -0.481 e. The molecule has 3 atom stereocenters. The van der Waals surface area contributed by atoms with Crippen molar-refractivity contribution in [2.75, 3.05) is 18.1 Å². The Kier molecular flexibility index (Phi) is 4.69. The van der Waals surface area contributed by atoms with Crippen LogP contribution in [0.4, 0.5) is 0 Å². The molecule has 0 spiro atoms. The van der Waals surface area contributed by atoms with Crippen molar-refractivity contribution in [3.63, 3.8) is 0 Å². The molecule has 1 amide bonds. The Morgan fingerprint density at radius 2 is 2.00 bits per heavy atom. The van der Waals surface area contributed by atoms with Crippen molar-refractivity contribution in [3.05, 3.63) is 12.2 Å². The fourth-order valence-electron chi connectivity index (χ4n) is 2.50. The number of amides is 1. The van der Waals surface area contributed by atoms with Gasteiger partial charge in [0.05, 0.1) is 11.8 Å². The fourth-order valence-corrected chi connectivity index (χ4v) is 3.78. The molecule has 0 aromatic heterocycles. The van der Waals surface area contributed by atoms with E-state index in [9.17, 15) is 9.59 Å². The number of nitrogens with one attached hydrogen (secondary N) is 1. The molecular weight excluding hydrogens is 250 g/mol. The molecule has 2 rings (SSSR count). The van der Waals surface area contributed by atoms with Crippen molar-refractivity contribution < 1.29 is 14.7 Å². The molecule has 1 aliphatic heterocycles. The quantitative estimate of drug-likeness (QED) is 0.759. The predicted molar refractivity (Wildman–Crippen MR) is 71.4 cm³/mol. The van der Waals surface area contributed by atoms with Crippen molar-refractivity contribution in [2.45, 2.75) is 19.3 Å². The van der Waals surface area contributed by atoms with E-state index in [1.807, 2.05) is 23.9 Å². The third-order valence-electron chi connectivity index (χ3n) is 3.68. The van der Waals surface area contributed by atoms with E-state index in [2.05, 4.69) is 5.32 Å². The number of rotatable bonds is 4. The highest BCUT2D eigenvalue weighted by Crippen LogP contribution is 2.27. The van der Waals surface area contributed by atoms with E-state index in [1.54, 1.807) is 0 Å². The average molecular weight is 269 g/mol. The van der Waals surface area contributed by atoms with Crippen LogP contribution in [-0.2, 0) is 9.59 Å². The van der Waals surface area contributed by atoms with Crippen LogP contribution < -0.4 is 5.32 Å². The maximum absolute atomic E-state index is 12.1. The zero-order valence-electron chi connectivity index (χ0n) is 10.3. The molecule has 0 saturated carbocycles. The van der Waals surface area contributed by atoms with E-state index in [0.717, 1.165) is 12.2 Å². The Balaban J connectivity index is 1.86. The van der Waals surface area contributed by atoms with Gasteiger partial charge in [-0.05, 0) is 36.7 Å². The average Bonchev–Trinajstić information content (AvgIpc) is 2.89. The first-order chi connectivity index (χ1) is 8.68. The van der Waals surface area contributed by atoms with Gasteiger partial charge in [0.2, 0.25) is 5.91 Å². The molecule has 1 saturated heterocycles. The van der Waals surface area contributed by atoms with E-state index in [-0.39, 0.29) is 5.91 Å². The molecule has 100 valence electrons. The lowest BCUT2D eigenvalue weighted by Gasteiger charge is -2.24. The van der Waals surface area contributed by atoms with E-state index >= 15 is 0 Å². The van der Waals surface area contributed by atoms with Gasteiger partial charge in [0.25, 0.3) is 0 Å². The molecule has 18 heavy (non-hydrogen) atoms. The van der Waals surface area contributed by atoms with Crippen molar-refractivity contribution in [3.8, 4) is 0 Å². The van der Waals surface area contributed by atoms with Crippen LogP contribution in [0.1, 0.15) is 19.3 Å². The van der Waals surface area contributed by atoms with Gasteiger partial charge in [-0.15, -0.1) is 0 Å². The maximum atomic E-state index is 12.1. The molecule has 0 aromatic rings. The van der Waals surface area contributed by atoms with Gasteiger partial charge >= 0.3 is 5.97 Å². The highest BCUT2D eigenvalue weighted by molar-refractivity contribution is 7.99. The molecular formula is C13H19NO3S. The minimum absolute atomic E-state index is 0.0938. The summed E-state index contributed by atoms with van der Waals surface area (Å²) in [7, 11) is 0. The summed E-state index contributed by atoms with van der Waals surface area (Å²) in [5, 5.41) is 12.0. The number of carboxylic acids is 1. The van der Waals surface area contributed by atoms with Crippen molar-refractivity contribution in [2.24, 2.45) is 17.8 Å². The van der Waals surface area contributed by atoms with Gasteiger partial charge in [0.15, 0.2) is 0 Å². The van der Waals surface area contributed by atoms with Crippen LogP contribution in [-0.4, -0.2) is 35.0 Å². The normalized spacial score (nSPS) is 31.2. The second-order valence-corrected chi connectivity index (χ2v) is 6.12. The third-order valence-corrected chi connectivity index (χ3v) is 4.91. The van der Waals surface area contributed by atoms with Gasteiger partial charge in [0, 0.05) is 6.54 Å². The molecule has 2 N–H and O–H groups in total. The summed E-state index contributed by atoms with van der Waals surface area (Å²) in [6.45, 7) is 0.693. The van der Waals surface area contributed by atoms with E-state index < -0.39 is 17.8 Å². The third kappa shape index (κ3) is 3.28. The van der Waals surface area contributed by atoms with Crippen molar-refractivity contribution in [1.82, 2.24) is 5.32 Å². The van der Waals surface area contributed by atoms with Gasteiger partial charge in [-0.1, -0.05) is 12.2 Å². The molecule has 0 bridgehead atoms. The largest absolute Gasteiger partial charge is 0.481 e. The first-order valence-electron chi connectivity index (χ1n) is 6.41. The number of hydrogen-bond donors (Lipinski definition) is 2. The van der Waals surface area contributed by atoms with Crippen LogP contribution in [0.15, 0.2) is 12.2 Å². The van der Waals surface area contributed by atoms with Crippen LogP contribution in [0.25, 0.3) is 0 Å². The van der Waals surface area contributed by atoms with E-state index in [0.29, 0.717) is 25.3 Å². The van der Waals surface area contributed by atoms with Gasteiger partial charge in [-0.2, -0.15) is 11.8 Å². The summed E-state index contributed by atoms with van der Waals surface area (Å²) < 4.78 is 0. The number of hydrogen-bond acceptors (Lipinski definition) is 3. The summed E-state index contributed by atoms with van der Waals surface area (Å²) in [6, 6.07) is 0. The van der Waals surface area contributed by atoms with E-state index in [1.165, 1.54) is 5.75 Å². The number of carbonyl (C=O) groups excluding carboxylic acids is 1. The van der Waals surface area contributed by atoms with Crippen molar-refractivity contribution in [1.29, 1.82) is 0 Å². The van der Waals surface area contributed by atoms with Crippen LogP contribution >= 0.6 is 11.8 Å². The molecule has 1 aliphatic carbocycles. The molecule has 0 radical (unpaired) electrons. The number of allylic oxidation sites excluding steroid dienone is 2. The van der Waals surface area contributed by atoms with Gasteiger partial charge in [0.1, 0.15) is 0 Å². The summed E-state index contributed by atoms with van der Waals surface area (Å²) in [5.74, 6) is 0.910. The fraction of sp³-hybridized carbons (Fsp3) is 0.692. The first kappa shape index (κ1) is 13.5. The van der Waals surface area contributed by atoms with Crippen LogP contribution in [0.5, 0.6) is 0 Å². The van der Waals surface area contributed by atoms with E-state index in [4.69, 9.17) is 5.11 Å². The lowest BCUT2D eigenvalue weighted by Crippen LogP contribution is -2.40. The second kappa shape index (κ2) is 6.27. The number of carboxylic acid groups (broad SMARTS) is 1. The zero-order valence-corrected chi connectivity index (χ0v) is 11.1. The number of thioether (sulfide) groups is 1. The number of carbonyl (C=O) groups is 2. The lowest BCUT2D eigenvalue weighted by molar-refractivity contribution is -0.147. The van der Waals surface area contributed by atoms with Crippen LogP contribution in [0.2, 0.25) is 0 Å². The predicted octanol–water partition coefficient (Wildman–Crippen LogP) is 1.52. The summed E-state index contributed by atoms with van der Waals surface area (Å²) >= 11 is 1.92. The van der Waals surface area contributed by atoms with Gasteiger partial charge in [-0.25, -0.2) is 0 Å². The minimum atomic E-state index is -0.865. The first-order valence-corrected chi connectivity index (χ1v) is 7.57. The smallest absolute Gasteiger partial charge is 0.307 e.